The first-order valence-electron chi connectivity index (χ1n) is 7.06. The van der Waals surface area contributed by atoms with Gasteiger partial charge in [-0.25, -0.2) is 4.79 Å². The van der Waals surface area contributed by atoms with Crippen LogP contribution in [0.25, 0.3) is 0 Å². The highest BCUT2D eigenvalue weighted by atomic mass is 19.4. The molecule has 1 aromatic carbocycles. The molecule has 0 spiro atoms. The van der Waals surface area contributed by atoms with Crippen molar-refractivity contribution in [3.05, 3.63) is 35.4 Å². The number of halogens is 3. The fourth-order valence-corrected chi connectivity index (χ4v) is 2.85. The molecule has 2 rings (SSSR count). The molecule has 1 saturated heterocycles. The molecule has 0 aromatic heterocycles. The highest BCUT2D eigenvalue weighted by Gasteiger charge is 2.43. The quantitative estimate of drug-likeness (QED) is 0.811. The van der Waals surface area contributed by atoms with Gasteiger partial charge in [-0.3, -0.25) is 4.90 Å². The van der Waals surface area contributed by atoms with Crippen molar-refractivity contribution in [2.24, 2.45) is 5.92 Å². The molecule has 128 valence electrons. The summed E-state index contributed by atoms with van der Waals surface area (Å²) in [5.74, 6) is -1.35. The second-order valence-electron chi connectivity index (χ2n) is 5.47. The van der Waals surface area contributed by atoms with Gasteiger partial charge in [0.15, 0.2) is 0 Å². The summed E-state index contributed by atoms with van der Waals surface area (Å²) in [7, 11) is 1.10. The van der Waals surface area contributed by atoms with E-state index in [9.17, 15) is 28.2 Å². The summed E-state index contributed by atoms with van der Waals surface area (Å²) in [6, 6.07) is 3.50. The first-order valence-corrected chi connectivity index (χ1v) is 7.06. The summed E-state index contributed by atoms with van der Waals surface area (Å²) in [5, 5.41) is 19.1. The first kappa shape index (κ1) is 17.7. The van der Waals surface area contributed by atoms with Crippen LogP contribution in [0.3, 0.4) is 0 Å². The van der Waals surface area contributed by atoms with Crippen molar-refractivity contribution in [1.29, 1.82) is 0 Å². The minimum atomic E-state index is -4.61. The van der Waals surface area contributed by atoms with Gasteiger partial charge in [-0.1, -0.05) is 18.2 Å². The zero-order valence-corrected chi connectivity index (χ0v) is 12.5. The number of alkyl halides is 3. The third-order valence-corrected chi connectivity index (χ3v) is 4.02. The molecule has 8 heteroatoms. The van der Waals surface area contributed by atoms with Crippen LogP contribution in [0.5, 0.6) is 0 Å². The summed E-state index contributed by atoms with van der Waals surface area (Å²) in [6.45, 7) is -0.229. The molecule has 3 unspecified atom stereocenters. The highest BCUT2D eigenvalue weighted by molar-refractivity contribution is 5.78. The number of hydrogen-bond acceptors (Lipinski definition) is 5. The Morgan fingerprint density at radius 3 is 2.57 bits per heavy atom. The second kappa shape index (κ2) is 6.86. The number of benzene rings is 1. The van der Waals surface area contributed by atoms with Crippen LogP contribution in [0.4, 0.5) is 13.2 Å². The molecule has 3 atom stereocenters. The molecule has 23 heavy (non-hydrogen) atoms. The molecule has 1 aromatic rings. The van der Waals surface area contributed by atoms with Crippen LogP contribution in [0, 0.1) is 5.92 Å². The Kier molecular flexibility index (Phi) is 5.28. The maximum Gasteiger partial charge on any atom is 0.416 e. The van der Waals surface area contributed by atoms with E-state index in [1.165, 1.54) is 23.1 Å². The number of carbonyl (C=O) groups excluding carboxylic acids is 1. The maximum atomic E-state index is 13.2. The maximum absolute atomic E-state index is 13.2. The molecule has 0 amide bonds. The number of ether oxygens (including phenoxy) is 1. The fraction of sp³-hybridized carbons (Fsp3) is 0.533. The minimum absolute atomic E-state index is 0.0167. The van der Waals surface area contributed by atoms with Crippen molar-refractivity contribution in [3.8, 4) is 0 Å². The lowest BCUT2D eigenvalue weighted by Gasteiger charge is -2.28. The second-order valence-corrected chi connectivity index (χ2v) is 5.47. The molecule has 0 saturated carbocycles. The van der Waals surface area contributed by atoms with Crippen molar-refractivity contribution in [2.45, 2.75) is 18.3 Å². The number of nitrogens with zero attached hydrogens (tertiary/aromatic N) is 1. The SMILES string of the molecule is COC(=O)C(c1ccccc1C(F)(F)F)N1CC(O)C(CO)C1. The van der Waals surface area contributed by atoms with Crippen molar-refractivity contribution in [1.82, 2.24) is 4.90 Å². The zero-order chi connectivity index (χ0) is 17.2. The van der Waals surface area contributed by atoms with Crippen LogP contribution in [-0.4, -0.2) is 54.0 Å². The van der Waals surface area contributed by atoms with E-state index in [0.29, 0.717) is 0 Å². The van der Waals surface area contributed by atoms with Gasteiger partial charge in [0, 0.05) is 25.6 Å². The number of β-amino-alcohol motifs (C(OH)–C–C–N with tert-alkyl or cyclic N) is 1. The van der Waals surface area contributed by atoms with Gasteiger partial charge in [0.2, 0.25) is 0 Å². The molecule has 1 fully saturated rings. The molecule has 5 nitrogen and oxygen atoms in total. The lowest BCUT2D eigenvalue weighted by molar-refractivity contribution is -0.148. The van der Waals surface area contributed by atoms with E-state index in [-0.39, 0.29) is 25.3 Å². The average Bonchev–Trinajstić information content (AvgIpc) is 2.87. The molecule has 1 aliphatic rings. The van der Waals surface area contributed by atoms with Crippen LogP contribution < -0.4 is 0 Å². The highest BCUT2D eigenvalue weighted by Crippen LogP contribution is 2.38. The molecule has 2 N–H and O–H groups in total. The number of rotatable bonds is 4. The number of esters is 1. The molecule has 0 bridgehead atoms. The predicted molar refractivity (Wildman–Crippen MR) is 74.4 cm³/mol. The van der Waals surface area contributed by atoms with Crippen molar-refractivity contribution in [3.63, 3.8) is 0 Å². The standard InChI is InChI=1S/C15H18F3NO4/c1-23-14(22)13(19-6-9(8-20)12(21)7-19)10-4-2-3-5-11(10)15(16,17)18/h2-5,9,12-13,20-21H,6-8H2,1H3. The van der Waals surface area contributed by atoms with Crippen LogP contribution in [-0.2, 0) is 15.7 Å². The van der Waals surface area contributed by atoms with Crippen molar-refractivity contribution >= 4 is 5.97 Å². The molecule has 0 aliphatic carbocycles. The summed E-state index contributed by atoms with van der Waals surface area (Å²) < 4.78 is 44.3. The van der Waals surface area contributed by atoms with E-state index < -0.39 is 35.8 Å². The number of aliphatic hydroxyl groups excluding tert-OH is 2. The Balaban J connectivity index is 2.44. The van der Waals surface area contributed by atoms with Crippen LogP contribution in [0.1, 0.15) is 17.2 Å². The summed E-state index contributed by atoms with van der Waals surface area (Å²) in [6.07, 6.45) is -5.53. The molecule has 1 heterocycles. The van der Waals surface area contributed by atoms with Gasteiger partial charge in [0.25, 0.3) is 0 Å². The summed E-state index contributed by atoms with van der Waals surface area (Å²) >= 11 is 0. The van der Waals surface area contributed by atoms with Crippen LogP contribution in [0.15, 0.2) is 24.3 Å². The monoisotopic (exact) mass is 333 g/mol. The van der Waals surface area contributed by atoms with Crippen molar-refractivity contribution < 1.29 is 32.9 Å². The number of methoxy groups -OCH3 is 1. The van der Waals surface area contributed by atoms with Gasteiger partial charge in [-0.15, -0.1) is 0 Å². The minimum Gasteiger partial charge on any atom is -0.468 e. The topological polar surface area (TPSA) is 70.0 Å². The smallest absolute Gasteiger partial charge is 0.416 e. The lowest BCUT2D eigenvalue weighted by Crippen LogP contribution is -2.35. The van der Waals surface area contributed by atoms with E-state index in [2.05, 4.69) is 4.74 Å². The van der Waals surface area contributed by atoms with E-state index in [4.69, 9.17) is 0 Å². The lowest BCUT2D eigenvalue weighted by atomic mass is 9.98. The largest absolute Gasteiger partial charge is 0.468 e. The van der Waals surface area contributed by atoms with Gasteiger partial charge in [-0.05, 0) is 11.6 Å². The Labute approximate surface area is 131 Å². The van der Waals surface area contributed by atoms with Crippen molar-refractivity contribution in [2.75, 3.05) is 26.8 Å². The van der Waals surface area contributed by atoms with Gasteiger partial charge >= 0.3 is 12.1 Å². The Hall–Kier alpha value is -1.64. The molecular formula is C15H18F3NO4. The Morgan fingerprint density at radius 2 is 2.04 bits per heavy atom. The summed E-state index contributed by atoms with van der Waals surface area (Å²) in [4.78, 5) is 13.5. The van der Waals surface area contributed by atoms with Crippen LogP contribution in [0.2, 0.25) is 0 Å². The fourth-order valence-electron chi connectivity index (χ4n) is 2.85. The number of carbonyl (C=O) groups is 1. The Morgan fingerprint density at radius 1 is 1.39 bits per heavy atom. The zero-order valence-electron chi connectivity index (χ0n) is 12.5. The first-order chi connectivity index (χ1) is 10.8. The number of likely N-dealkylation sites (tertiary alicyclic amines) is 1. The molecule has 0 radical (unpaired) electrons. The third kappa shape index (κ3) is 3.65. The number of hydrogen-bond donors (Lipinski definition) is 2. The molecular weight excluding hydrogens is 315 g/mol. The van der Waals surface area contributed by atoms with Gasteiger partial charge in [0.05, 0.1) is 18.8 Å². The molecule has 1 aliphatic heterocycles. The van der Waals surface area contributed by atoms with E-state index in [1.54, 1.807) is 0 Å². The van der Waals surface area contributed by atoms with Crippen LogP contribution >= 0.6 is 0 Å². The van der Waals surface area contributed by atoms with Gasteiger partial charge in [0.1, 0.15) is 6.04 Å². The normalized spacial score (nSPS) is 23.7. The van der Waals surface area contributed by atoms with Gasteiger partial charge < -0.3 is 14.9 Å². The predicted octanol–water partition coefficient (Wildman–Crippen LogP) is 1.20. The van der Waals surface area contributed by atoms with Gasteiger partial charge in [-0.2, -0.15) is 13.2 Å². The van der Waals surface area contributed by atoms with E-state index >= 15 is 0 Å². The number of aliphatic hydroxyl groups is 2. The third-order valence-electron chi connectivity index (χ3n) is 4.02. The Bertz CT molecular complexity index is 564. The van der Waals surface area contributed by atoms with E-state index in [1.807, 2.05) is 0 Å². The van der Waals surface area contributed by atoms with E-state index in [0.717, 1.165) is 13.2 Å². The summed E-state index contributed by atoms with van der Waals surface area (Å²) in [5.41, 5.74) is -1.14. The average molecular weight is 333 g/mol.